The van der Waals surface area contributed by atoms with E-state index in [2.05, 4.69) is 10.3 Å². The molecule has 0 radical (unpaired) electrons. The van der Waals surface area contributed by atoms with Gasteiger partial charge in [0.05, 0.1) is 11.1 Å². The molecule has 0 spiro atoms. The highest BCUT2D eigenvalue weighted by Crippen LogP contribution is 2.16. The molecule has 0 unspecified atom stereocenters. The van der Waals surface area contributed by atoms with Crippen molar-refractivity contribution in [1.29, 1.82) is 0 Å². The number of rotatable bonds is 5. The minimum Gasteiger partial charge on any atom is -0.480 e. The molecule has 6 heteroatoms. The van der Waals surface area contributed by atoms with Crippen molar-refractivity contribution in [2.45, 2.75) is 12.5 Å². The number of para-hydroxylation sites is 1. The highest BCUT2D eigenvalue weighted by atomic mass is 16.4. The predicted octanol–water partition coefficient (Wildman–Crippen LogP) is 0.800. The van der Waals surface area contributed by atoms with E-state index in [0.29, 0.717) is 11.1 Å². The van der Waals surface area contributed by atoms with Crippen molar-refractivity contribution in [3.05, 3.63) is 42.1 Å². The minimum atomic E-state index is -1.18. The van der Waals surface area contributed by atoms with Crippen LogP contribution in [0.3, 0.4) is 0 Å². The normalized spacial score (nSPS) is 12.1. The van der Waals surface area contributed by atoms with Crippen molar-refractivity contribution < 1.29 is 19.8 Å². The lowest BCUT2D eigenvalue weighted by Crippen LogP contribution is -2.41. The molecule has 0 saturated heterocycles. The Hall–Kier alpha value is -2.47. The van der Waals surface area contributed by atoms with Crippen LogP contribution in [0.25, 0.3) is 10.9 Å². The molecule has 2 rings (SSSR count). The van der Waals surface area contributed by atoms with Gasteiger partial charge in [-0.2, -0.15) is 0 Å². The molecule has 3 N–H and O–H groups in total. The summed E-state index contributed by atoms with van der Waals surface area (Å²) in [5, 5.41) is 21.0. The number of hydrogen-bond acceptors (Lipinski definition) is 4. The van der Waals surface area contributed by atoms with E-state index in [9.17, 15) is 9.59 Å². The summed E-state index contributed by atoms with van der Waals surface area (Å²) in [6.07, 6.45) is 1.53. The van der Waals surface area contributed by atoms with Gasteiger partial charge in [0.25, 0.3) is 5.91 Å². The number of nitrogens with zero attached hydrogens (tertiary/aromatic N) is 1. The molecule has 1 amide bonds. The van der Waals surface area contributed by atoms with Crippen LogP contribution < -0.4 is 5.32 Å². The third kappa shape index (κ3) is 2.92. The van der Waals surface area contributed by atoms with Crippen LogP contribution in [0.5, 0.6) is 0 Å². The molecule has 1 atom stereocenters. The van der Waals surface area contributed by atoms with Gasteiger partial charge in [0.2, 0.25) is 0 Å². The number of aliphatic hydroxyl groups excluding tert-OH is 1. The van der Waals surface area contributed by atoms with E-state index in [0.717, 1.165) is 5.39 Å². The van der Waals surface area contributed by atoms with Gasteiger partial charge in [-0.1, -0.05) is 18.2 Å². The summed E-state index contributed by atoms with van der Waals surface area (Å²) in [6.45, 7) is -0.314. The Labute approximate surface area is 115 Å². The average Bonchev–Trinajstić information content (AvgIpc) is 2.46. The van der Waals surface area contributed by atoms with E-state index in [1.807, 2.05) is 12.1 Å². The number of pyridine rings is 1. The number of carbonyl (C=O) groups is 2. The van der Waals surface area contributed by atoms with E-state index in [1.54, 1.807) is 24.4 Å². The smallest absolute Gasteiger partial charge is 0.326 e. The molecule has 2 aromatic rings. The Balaban J connectivity index is 2.29. The zero-order valence-corrected chi connectivity index (χ0v) is 10.6. The van der Waals surface area contributed by atoms with E-state index in [4.69, 9.17) is 10.2 Å². The van der Waals surface area contributed by atoms with Gasteiger partial charge >= 0.3 is 5.97 Å². The Morgan fingerprint density at radius 2 is 2.00 bits per heavy atom. The highest BCUT2D eigenvalue weighted by molar-refractivity contribution is 6.06. The van der Waals surface area contributed by atoms with Crippen molar-refractivity contribution in [1.82, 2.24) is 10.3 Å². The van der Waals surface area contributed by atoms with Gasteiger partial charge in [0, 0.05) is 24.6 Å². The van der Waals surface area contributed by atoms with E-state index < -0.39 is 17.9 Å². The first-order valence-electron chi connectivity index (χ1n) is 6.11. The van der Waals surface area contributed by atoms with Gasteiger partial charge in [-0.3, -0.25) is 9.78 Å². The second-order valence-electron chi connectivity index (χ2n) is 4.26. The van der Waals surface area contributed by atoms with Crippen molar-refractivity contribution in [3.63, 3.8) is 0 Å². The van der Waals surface area contributed by atoms with Crippen LogP contribution in [0, 0.1) is 0 Å². The van der Waals surface area contributed by atoms with Crippen LogP contribution in [-0.4, -0.2) is 39.7 Å². The second kappa shape index (κ2) is 6.12. The highest BCUT2D eigenvalue weighted by Gasteiger charge is 2.21. The molecule has 0 fully saturated rings. The van der Waals surface area contributed by atoms with Crippen LogP contribution in [-0.2, 0) is 4.79 Å². The topological polar surface area (TPSA) is 99.5 Å². The summed E-state index contributed by atoms with van der Waals surface area (Å²) in [4.78, 5) is 27.3. The quantitative estimate of drug-likeness (QED) is 0.749. The standard InChI is InChI=1S/C14H14N2O4/c17-8-6-11(14(19)20)16-13(18)10-5-1-3-9-4-2-7-15-12(9)10/h1-5,7,11,17H,6,8H2,(H,16,18)(H,19,20)/t11-/m0/s1. The number of benzene rings is 1. The number of fused-ring (bicyclic) bond motifs is 1. The maximum Gasteiger partial charge on any atom is 0.326 e. The molecular weight excluding hydrogens is 260 g/mol. The largest absolute Gasteiger partial charge is 0.480 e. The van der Waals surface area contributed by atoms with Gasteiger partial charge in [0.15, 0.2) is 0 Å². The summed E-state index contributed by atoms with van der Waals surface area (Å²) < 4.78 is 0. The summed E-state index contributed by atoms with van der Waals surface area (Å²) in [7, 11) is 0. The van der Waals surface area contributed by atoms with Crippen LogP contribution in [0.1, 0.15) is 16.8 Å². The maximum atomic E-state index is 12.2. The molecule has 0 aliphatic rings. The van der Waals surface area contributed by atoms with E-state index in [-0.39, 0.29) is 13.0 Å². The lowest BCUT2D eigenvalue weighted by atomic mass is 10.1. The fourth-order valence-corrected chi connectivity index (χ4v) is 1.91. The van der Waals surface area contributed by atoms with E-state index in [1.165, 1.54) is 0 Å². The summed E-state index contributed by atoms with van der Waals surface area (Å²) in [5.41, 5.74) is 0.827. The van der Waals surface area contributed by atoms with Crippen LogP contribution in [0.4, 0.5) is 0 Å². The molecular formula is C14H14N2O4. The number of aliphatic carboxylic acids is 1. The summed E-state index contributed by atoms with van der Waals surface area (Å²) in [5.74, 6) is -1.70. The third-order valence-electron chi connectivity index (χ3n) is 2.90. The summed E-state index contributed by atoms with van der Waals surface area (Å²) in [6, 6.07) is 7.58. The van der Waals surface area contributed by atoms with Gasteiger partial charge in [-0.05, 0) is 12.1 Å². The van der Waals surface area contributed by atoms with Crippen molar-refractivity contribution in [3.8, 4) is 0 Å². The zero-order valence-electron chi connectivity index (χ0n) is 10.6. The third-order valence-corrected chi connectivity index (χ3v) is 2.90. The Bertz CT molecular complexity index is 637. The lowest BCUT2D eigenvalue weighted by molar-refractivity contribution is -0.139. The number of carboxylic acid groups (broad SMARTS) is 1. The van der Waals surface area contributed by atoms with Crippen molar-refractivity contribution in [2.24, 2.45) is 0 Å². The van der Waals surface area contributed by atoms with E-state index >= 15 is 0 Å². The number of nitrogens with one attached hydrogen (secondary N) is 1. The fourth-order valence-electron chi connectivity index (χ4n) is 1.91. The molecule has 20 heavy (non-hydrogen) atoms. The molecule has 1 aromatic heterocycles. The predicted molar refractivity (Wildman–Crippen MR) is 72.3 cm³/mol. The Morgan fingerprint density at radius 3 is 2.70 bits per heavy atom. The molecule has 104 valence electrons. The molecule has 1 heterocycles. The number of amides is 1. The number of aromatic nitrogens is 1. The second-order valence-corrected chi connectivity index (χ2v) is 4.26. The van der Waals surface area contributed by atoms with Gasteiger partial charge in [0.1, 0.15) is 6.04 Å². The molecule has 0 bridgehead atoms. The lowest BCUT2D eigenvalue weighted by Gasteiger charge is -2.13. The molecule has 1 aromatic carbocycles. The SMILES string of the molecule is O=C(N[C@@H](CCO)C(=O)O)c1cccc2cccnc12. The maximum absolute atomic E-state index is 12.2. The summed E-state index contributed by atoms with van der Waals surface area (Å²) >= 11 is 0. The first-order chi connectivity index (χ1) is 9.63. The first kappa shape index (κ1) is 14.0. The monoisotopic (exact) mass is 274 g/mol. The Morgan fingerprint density at radius 1 is 1.25 bits per heavy atom. The van der Waals surface area contributed by atoms with Gasteiger partial charge in [-0.25, -0.2) is 4.79 Å². The minimum absolute atomic E-state index is 0.0424. The van der Waals surface area contributed by atoms with Crippen LogP contribution >= 0.6 is 0 Å². The van der Waals surface area contributed by atoms with Crippen molar-refractivity contribution >= 4 is 22.8 Å². The zero-order chi connectivity index (χ0) is 14.5. The van der Waals surface area contributed by atoms with Gasteiger partial charge < -0.3 is 15.5 Å². The first-order valence-corrected chi connectivity index (χ1v) is 6.11. The number of carboxylic acids is 1. The number of carbonyl (C=O) groups excluding carboxylic acids is 1. The van der Waals surface area contributed by atoms with Gasteiger partial charge in [-0.15, -0.1) is 0 Å². The molecule has 6 nitrogen and oxygen atoms in total. The Kier molecular flexibility index (Phi) is 4.27. The van der Waals surface area contributed by atoms with Crippen LogP contribution in [0.15, 0.2) is 36.5 Å². The molecule has 0 aliphatic carbocycles. The number of aliphatic hydroxyl groups is 1. The average molecular weight is 274 g/mol. The van der Waals surface area contributed by atoms with Crippen LogP contribution in [0.2, 0.25) is 0 Å². The van der Waals surface area contributed by atoms with Crippen molar-refractivity contribution in [2.75, 3.05) is 6.61 Å². The molecule has 0 aliphatic heterocycles. The number of hydrogen-bond donors (Lipinski definition) is 3. The molecule has 0 saturated carbocycles. The fraction of sp³-hybridized carbons (Fsp3) is 0.214.